The second-order valence-electron chi connectivity index (χ2n) is 7.15. The summed E-state index contributed by atoms with van der Waals surface area (Å²) in [7, 11) is 3.40. The third-order valence-corrected chi connectivity index (χ3v) is 5.55. The molecule has 2 fully saturated rings. The van der Waals surface area contributed by atoms with Gasteiger partial charge in [-0.05, 0) is 44.8 Å². The maximum Gasteiger partial charge on any atom is 0.230 e. The third kappa shape index (κ3) is 4.10. The average Bonchev–Trinajstić information content (AvgIpc) is 3.43. The lowest BCUT2D eigenvalue weighted by Gasteiger charge is -2.37. The maximum atomic E-state index is 13.0. The van der Waals surface area contributed by atoms with Crippen LogP contribution in [0.15, 0.2) is 24.3 Å². The predicted octanol–water partition coefficient (Wildman–Crippen LogP) is 2.28. The minimum Gasteiger partial charge on any atom is -0.496 e. The Hall–Kier alpha value is -1.30. The smallest absolute Gasteiger partial charge is 0.230 e. The molecule has 1 aliphatic carbocycles. The van der Waals surface area contributed by atoms with Crippen molar-refractivity contribution < 1.29 is 14.3 Å². The minimum atomic E-state index is -0.409. The van der Waals surface area contributed by atoms with Gasteiger partial charge in [0.05, 0.1) is 19.1 Å². The molecule has 0 aromatic heterocycles. The molecule has 1 aliphatic heterocycles. The average molecular weight is 369 g/mol. The molecule has 0 unspecified atom stereocenters. The van der Waals surface area contributed by atoms with Crippen molar-refractivity contribution in [3.05, 3.63) is 29.8 Å². The number of piperidine rings is 1. The fourth-order valence-corrected chi connectivity index (χ4v) is 3.86. The second kappa shape index (κ2) is 8.39. The van der Waals surface area contributed by atoms with Crippen LogP contribution in [0.1, 0.15) is 31.2 Å². The molecule has 0 atom stereocenters. The highest BCUT2D eigenvalue weighted by Gasteiger charge is 2.53. The second-order valence-corrected chi connectivity index (χ2v) is 7.15. The number of carbonyl (C=O) groups excluding carboxylic acids is 1. The molecule has 25 heavy (non-hydrogen) atoms. The van der Waals surface area contributed by atoms with Gasteiger partial charge in [-0.25, -0.2) is 0 Å². The molecule has 1 saturated carbocycles. The van der Waals surface area contributed by atoms with Crippen LogP contribution in [0.4, 0.5) is 0 Å². The molecule has 1 aromatic rings. The van der Waals surface area contributed by atoms with Crippen molar-refractivity contribution in [1.82, 2.24) is 10.6 Å². The van der Waals surface area contributed by atoms with E-state index >= 15 is 0 Å². The first kappa shape index (κ1) is 20.0. The lowest BCUT2D eigenvalue weighted by atomic mass is 9.79. The molecule has 5 nitrogen and oxygen atoms in total. The molecule has 0 spiro atoms. The van der Waals surface area contributed by atoms with E-state index in [0.29, 0.717) is 13.2 Å². The molecule has 2 aliphatic rings. The van der Waals surface area contributed by atoms with E-state index in [1.807, 2.05) is 24.3 Å². The fraction of sp³-hybridized carbons (Fsp3) is 0.632. The number of nitrogens with one attached hydrogen (secondary N) is 2. The predicted molar refractivity (Wildman–Crippen MR) is 101 cm³/mol. The Bertz CT molecular complexity index is 578. The van der Waals surface area contributed by atoms with Crippen LogP contribution in [-0.4, -0.2) is 46.4 Å². The van der Waals surface area contributed by atoms with Gasteiger partial charge in [0.1, 0.15) is 5.75 Å². The number of para-hydroxylation sites is 1. The van der Waals surface area contributed by atoms with E-state index in [2.05, 4.69) is 10.6 Å². The zero-order valence-electron chi connectivity index (χ0n) is 15.1. The summed E-state index contributed by atoms with van der Waals surface area (Å²) in [5, 5.41) is 6.61. The van der Waals surface area contributed by atoms with Crippen molar-refractivity contribution in [2.75, 3.05) is 40.5 Å². The maximum absolute atomic E-state index is 13.0. The van der Waals surface area contributed by atoms with Crippen LogP contribution in [0.3, 0.4) is 0 Å². The number of amides is 1. The van der Waals surface area contributed by atoms with Crippen LogP contribution >= 0.6 is 12.4 Å². The van der Waals surface area contributed by atoms with Crippen LogP contribution in [0.25, 0.3) is 0 Å². The van der Waals surface area contributed by atoms with Gasteiger partial charge in [0.25, 0.3) is 0 Å². The molecular weight excluding hydrogens is 340 g/mol. The lowest BCUT2D eigenvalue weighted by molar-refractivity contribution is -0.124. The summed E-state index contributed by atoms with van der Waals surface area (Å²) in [5.74, 6) is 0.930. The van der Waals surface area contributed by atoms with Crippen molar-refractivity contribution in [3.63, 3.8) is 0 Å². The largest absolute Gasteiger partial charge is 0.496 e. The van der Waals surface area contributed by atoms with E-state index in [4.69, 9.17) is 9.47 Å². The van der Waals surface area contributed by atoms with Crippen molar-refractivity contribution in [2.45, 2.75) is 31.1 Å². The van der Waals surface area contributed by atoms with Crippen LogP contribution in [0.5, 0.6) is 5.75 Å². The number of carbonyl (C=O) groups is 1. The first-order valence-electron chi connectivity index (χ1n) is 8.77. The van der Waals surface area contributed by atoms with Gasteiger partial charge in [-0.2, -0.15) is 0 Å². The molecule has 3 rings (SSSR count). The Morgan fingerprint density at radius 3 is 2.44 bits per heavy atom. The normalized spacial score (nSPS) is 20.2. The van der Waals surface area contributed by atoms with Crippen molar-refractivity contribution in [2.24, 2.45) is 5.41 Å². The van der Waals surface area contributed by atoms with Gasteiger partial charge >= 0.3 is 0 Å². The van der Waals surface area contributed by atoms with E-state index in [-0.39, 0.29) is 23.7 Å². The van der Waals surface area contributed by atoms with Gasteiger partial charge in [-0.3, -0.25) is 4.79 Å². The monoisotopic (exact) mass is 368 g/mol. The number of rotatable bonds is 7. The van der Waals surface area contributed by atoms with Crippen LogP contribution in [0, 0.1) is 5.41 Å². The fourth-order valence-electron chi connectivity index (χ4n) is 3.86. The Labute approximate surface area is 156 Å². The van der Waals surface area contributed by atoms with Gasteiger partial charge in [-0.15, -0.1) is 12.4 Å². The molecule has 0 radical (unpaired) electrons. The van der Waals surface area contributed by atoms with Gasteiger partial charge in [0, 0.05) is 24.6 Å². The summed E-state index contributed by atoms with van der Waals surface area (Å²) in [5.41, 5.74) is 0.649. The van der Waals surface area contributed by atoms with Crippen molar-refractivity contribution in [3.8, 4) is 5.75 Å². The molecule has 140 valence electrons. The van der Waals surface area contributed by atoms with Gasteiger partial charge in [0.2, 0.25) is 5.91 Å². The molecule has 6 heteroatoms. The summed E-state index contributed by atoms with van der Waals surface area (Å²) in [6.45, 7) is 3.34. The zero-order chi connectivity index (χ0) is 17.0. The minimum absolute atomic E-state index is 0. The van der Waals surface area contributed by atoms with E-state index in [1.165, 1.54) is 0 Å². The van der Waals surface area contributed by atoms with Gasteiger partial charge in [0.15, 0.2) is 0 Å². The molecule has 1 aromatic carbocycles. The number of halogens is 1. The highest BCUT2D eigenvalue weighted by atomic mass is 35.5. The SMILES string of the molecule is COCC1(CNC(=O)C2(c3ccccc3OC)CC2)CCNCC1.Cl. The first-order valence-corrected chi connectivity index (χ1v) is 8.77. The van der Waals surface area contributed by atoms with Crippen LogP contribution in [-0.2, 0) is 14.9 Å². The Morgan fingerprint density at radius 1 is 1.16 bits per heavy atom. The third-order valence-electron chi connectivity index (χ3n) is 5.55. The summed E-state index contributed by atoms with van der Waals surface area (Å²) in [4.78, 5) is 13.0. The topological polar surface area (TPSA) is 59.6 Å². The summed E-state index contributed by atoms with van der Waals surface area (Å²) < 4.78 is 10.9. The molecule has 2 N–H and O–H groups in total. The van der Waals surface area contributed by atoms with Crippen molar-refractivity contribution in [1.29, 1.82) is 0 Å². The van der Waals surface area contributed by atoms with E-state index in [1.54, 1.807) is 14.2 Å². The highest BCUT2D eigenvalue weighted by molar-refractivity contribution is 5.92. The number of hydrogen-bond acceptors (Lipinski definition) is 4. The molecule has 1 heterocycles. The van der Waals surface area contributed by atoms with E-state index < -0.39 is 5.41 Å². The molecule has 1 saturated heterocycles. The Balaban J connectivity index is 0.00000225. The van der Waals surface area contributed by atoms with Crippen molar-refractivity contribution >= 4 is 18.3 Å². The quantitative estimate of drug-likeness (QED) is 0.775. The molecular formula is C19H29ClN2O3. The highest BCUT2D eigenvalue weighted by Crippen LogP contribution is 2.51. The number of ether oxygens (including phenoxy) is 2. The zero-order valence-corrected chi connectivity index (χ0v) is 15.9. The van der Waals surface area contributed by atoms with Gasteiger partial charge < -0.3 is 20.1 Å². The van der Waals surface area contributed by atoms with Gasteiger partial charge in [-0.1, -0.05) is 18.2 Å². The first-order chi connectivity index (χ1) is 11.7. The standard InChI is InChI=1S/C19H28N2O3.ClH/c1-23-14-18(9-11-20-12-10-18)13-21-17(22)19(7-8-19)15-5-3-4-6-16(15)24-2;/h3-6,20H,7-14H2,1-2H3,(H,21,22);1H. The summed E-state index contributed by atoms with van der Waals surface area (Å²) in [6.07, 6.45) is 3.83. The van der Waals surface area contributed by atoms with E-state index in [9.17, 15) is 4.79 Å². The molecule has 1 amide bonds. The lowest BCUT2D eigenvalue weighted by Crippen LogP contribution is -2.49. The van der Waals surface area contributed by atoms with Crippen LogP contribution < -0.4 is 15.4 Å². The van der Waals surface area contributed by atoms with Crippen LogP contribution in [0.2, 0.25) is 0 Å². The number of benzene rings is 1. The van der Waals surface area contributed by atoms with E-state index in [0.717, 1.165) is 50.1 Å². The summed E-state index contributed by atoms with van der Waals surface area (Å²) in [6, 6.07) is 7.87. The molecule has 0 bridgehead atoms. The Morgan fingerprint density at radius 2 is 1.84 bits per heavy atom. The number of methoxy groups -OCH3 is 2. The summed E-state index contributed by atoms with van der Waals surface area (Å²) >= 11 is 0. The Kier molecular flexibility index (Phi) is 6.72. The number of hydrogen-bond donors (Lipinski definition) is 2.